The minimum Gasteiger partial charge on any atom is -0.394 e. The lowest BCUT2D eigenvalue weighted by Gasteiger charge is -2.28. The summed E-state index contributed by atoms with van der Waals surface area (Å²) in [6.07, 6.45) is -20.5. The largest absolute Gasteiger partial charge is 0.394 e. The number of nitrogens with one attached hydrogen (secondary N) is 6. The highest BCUT2D eigenvalue weighted by Gasteiger charge is 2.36. The Balaban J connectivity index is 1.83. The van der Waals surface area contributed by atoms with Crippen molar-refractivity contribution in [1.29, 1.82) is 0 Å². The van der Waals surface area contributed by atoms with Crippen LogP contribution in [0.15, 0.2) is 48.5 Å². The molecule has 10 atom stereocenters. The first kappa shape index (κ1) is 41.6. The number of hydrogen-bond donors (Lipinski definition) is 18. The second-order valence-corrected chi connectivity index (χ2v) is 10.6. The molecule has 2 rings (SSSR count). The van der Waals surface area contributed by atoms with Gasteiger partial charge in [0.2, 0.25) is 0 Å². The molecule has 0 aliphatic carbocycles. The lowest BCUT2D eigenvalue weighted by atomic mass is 10.0. The van der Waals surface area contributed by atoms with Gasteiger partial charge in [0.15, 0.2) is 12.5 Å². The number of carbonyl (C=O) groups excluding carboxylic acids is 4. The van der Waals surface area contributed by atoms with E-state index < -0.39 is 98.4 Å². The maximum absolute atomic E-state index is 12.4. The van der Waals surface area contributed by atoms with Crippen molar-refractivity contribution < 1.29 is 80.5 Å². The molecule has 0 spiro atoms. The summed E-state index contributed by atoms with van der Waals surface area (Å²) in [5, 5.41) is 128. The van der Waals surface area contributed by atoms with Crippen LogP contribution in [0.1, 0.15) is 0 Å². The average molecular weight is 717 g/mol. The first-order valence-corrected chi connectivity index (χ1v) is 14.5. The predicted molar refractivity (Wildman–Crippen MR) is 169 cm³/mol. The zero-order valence-corrected chi connectivity index (χ0v) is 25.8. The van der Waals surface area contributed by atoms with Crippen LogP contribution in [0, 0.1) is 0 Å². The van der Waals surface area contributed by atoms with E-state index in [0.717, 1.165) is 0 Å². The van der Waals surface area contributed by atoms with Crippen molar-refractivity contribution in [3.05, 3.63) is 48.5 Å². The molecular weight excluding hydrogens is 676 g/mol. The zero-order valence-electron chi connectivity index (χ0n) is 25.8. The van der Waals surface area contributed by atoms with Gasteiger partial charge in [-0.3, -0.25) is 9.59 Å². The summed E-state index contributed by atoms with van der Waals surface area (Å²) in [5.74, 6) is -2.19. The van der Waals surface area contributed by atoms with Crippen LogP contribution in [0.3, 0.4) is 0 Å². The number of hydrogen-bond acceptors (Lipinski definition) is 16. The molecule has 278 valence electrons. The second kappa shape index (κ2) is 19.6. The summed E-state index contributed by atoms with van der Waals surface area (Å²) < 4.78 is 0. The predicted octanol–water partition coefficient (Wildman–Crippen LogP) is -5.98. The van der Waals surface area contributed by atoms with E-state index in [1.54, 1.807) is 0 Å². The Morgan fingerprint density at radius 3 is 0.940 bits per heavy atom. The number of carbonyl (C=O) groups is 4. The monoisotopic (exact) mass is 716 g/mol. The van der Waals surface area contributed by atoms with Crippen LogP contribution in [0.5, 0.6) is 0 Å². The first-order valence-electron chi connectivity index (χ1n) is 14.5. The Bertz CT molecular complexity index is 1300. The topological polar surface area (TPSA) is 383 Å². The van der Waals surface area contributed by atoms with Gasteiger partial charge in [-0.05, 0) is 48.5 Å². The van der Waals surface area contributed by atoms with Gasteiger partial charge in [0.1, 0.15) is 48.8 Å². The number of rotatable bonds is 16. The third kappa shape index (κ3) is 12.4. The SMILES string of the molecule is O=C(Nc1ccc(NC(=O)C(=O)Nc2ccc(NC(=O)NC(O)[C@H](O)[C@H](O)[C@H](O)[C@@H](O)CO)cc2)cc1)NC(O)[C@H](O)[C@H](O)[C@H](O)[C@@H](O)CO. The number of amides is 6. The molecule has 22 heteroatoms. The van der Waals surface area contributed by atoms with Gasteiger partial charge in [0, 0.05) is 22.7 Å². The van der Waals surface area contributed by atoms with E-state index in [0.29, 0.717) is 0 Å². The van der Waals surface area contributed by atoms with Crippen molar-refractivity contribution in [2.75, 3.05) is 34.5 Å². The van der Waals surface area contributed by atoms with E-state index in [1.807, 2.05) is 10.6 Å². The van der Waals surface area contributed by atoms with E-state index >= 15 is 0 Å². The fourth-order valence-corrected chi connectivity index (χ4v) is 3.87. The van der Waals surface area contributed by atoms with Gasteiger partial charge in [-0.25, -0.2) is 9.59 Å². The summed E-state index contributed by atoms with van der Waals surface area (Å²) in [7, 11) is 0. The third-order valence-corrected chi connectivity index (χ3v) is 6.77. The van der Waals surface area contributed by atoms with Crippen LogP contribution in [-0.2, 0) is 9.59 Å². The van der Waals surface area contributed by atoms with Gasteiger partial charge < -0.3 is 93.2 Å². The summed E-state index contributed by atoms with van der Waals surface area (Å²) in [6.45, 7) is -1.89. The number of aliphatic hydroxyl groups excluding tert-OH is 12. The van der Waals surface area contributed by atoms with E-state index in [2.05, 4.69) is 21.3 Å². The smallest absolute Gasteiger partial charge is 0.321 e. The minimum atomic E-state index is -2.15. The average Bonchev–Trinajstić information content (AvgIpc) is 3.10. The fourth-order valence-electron chi connectivity index (χ4n) is 3.87. The Kier molecular flexibility index (Phi) is 16.3. The maximum Gasteiger partial charge on any atom is 0.321 e. The highest BCUT2D eigenvalue weighted by molar-refractivity contribution is 6.43. The Hall–Kier alpha value is -4.56. The van der Waals surface area contributed by atoms with Crippen LogP contribution in [0.2, 0.25) is 0 Å². The number of anilines is 4. The molecule has 6 amide bonds. The molecule has 0 saturated heterocycles. The molecule has 0 bridgehead atoms. The quantitative estimate of drug-likeness (QED) is 0.0568. The van der Waals surface area contributed by atoms with E-state index in [4.69, 9.17) is 10.2 Å². The number of urea groups is 2. The molecule has 0 fully saturated rings. The molecule has 50 heavy (non-hydrogen) atoms. The van der Waals surface area contributed by atoms with E-state index in [9.17, 15) is 70.2 Å². The van der Waals surface area contributed by atoms with Gasteiger partial charge in [0.25, 0.3) is 0 Å². The zero-order chi connectivity index (χ0) is 37.7. The summed E-state index contributed by atoms with van der Waals surface area (Å²) in [5.41, 5.74) is 0.474. The standard InChI is InChI=1S/C28H40N6O16/c35-9-15(37)17(39)19(41)21(43)23(45)33-27(49)31-13-5-1-11(2-6-13)29-25(47)26(48)30-12-3-7-14(8-4-12)32-28(50)34-24(46)22(44)20(42)18(40)16(38)10-36/h1-8,15-24,35-46H,9-10H2,(H,29,47)(H,30,48)(H2,31,33,49)(H2,32,34,50)/t15-,16-,17+,18+,19+,20+,21+,22+,23?,24?/m0/s1. The summed E-state index contributed by atoms with van der Waals surface area (Å²) in [6, 6.07) is 8.22. The number of aliphatic hydroxyl groups is 12. The van der Waals surface area contributed by atoms with Crippen LogP contribution < -0.4 is 31.9 Å². The van der Waals surface area contributed by atoms with Crippen LogP contribution >= 0.6 is 0 Å². The van der Waals surface area contributed by atoms with Crippen molar-refractivity contribution in [2.24, 2.45) is 0 Å². The maximum atomic E-state index is 12.4. The molecule has 0 aromatic heterocycles. The highest BCUT2D eigenvalue weighted by Crippen LogP contribution is 2.16. The molecule has 18 N–H and O–H groups in total. The Morgan fingerprint density at radius 1 is 0.420 bits per heavy atom. The molecular formula is C28H40N6O16. The molecule has 2 unspecified atom stereocenters. The molecule has 0 aliphatic rings. The van der Waals surface area contributed by atoms with Gasteiger partial charge in [-0.1, -0.05) is 0 Å². The Labute approximate surface area is 282 Å². The van der Waals surface area contributed by atoms with Crippen molar-refractivity contribution in [3.8, 4) is 0 Å². The summed E-state index contributed by atoms with van der Waals surface area (Å²) >= 11 is 0. The molecule has 2 aromatic rings. The van der Waals surface area contributed by atoms with Crippen molar-refractivity contribution in [1.82, 2.24) is 10.6 Å². The lowest BCUT2D eigenvalue weighted by Crippen LogP contribution is -2.55. The van der Waals surface area contributed by atoms with Gasteiger partial charge in [0.05, 0.1) is 13.2 Å². The van der Waals surface area contributed by atoms with Crippen LogP contribution in [-0.4, -0.2) is 160 Å². The first-order chi connectivity index (χ1) is 23.5. The molecule has 0 aliphatic heterocycles. The molecule has 0 radical (unpaired) electrons. The van der Waals surface area contributed by atoms with Crippen LogP contribution in [0.25, 0.3) is 0 Å². The van der Waals surface area contributed by atoms with Crippen molar-refractivity contribution in [3.63, 3.8) is 0 Å². The molecule has 0 saturated carbocycles. The third-order valence-electron chi connectivity index (χ3n) is 6.77. The minimum absolute atomic E-state index is 0.116. The normalized spacial score (nSPS) is 17.3. The fraction of sp³-hybridized carbons (Fsp3) is 0.429. The van der Waals surface area contributed by atoms with Gasteiger partial charge >= 0.3 is 23.9 Å². The van der Waals surface area contributed by atoms with Crippen molar-refractivity contribution >= 4 is 46.6 Å². The molecule has 22 nitrogen and oxygen atoms in total. The second-order valence-electron chi connectivity index (χ2n) is 10.6. The van der Waals surface area contributed by atoms with Crippen LogP contribution in [0.4, 0.5) is 32.3 Å². The van der Waals surface area contributed by atoms with E-state index in [1.165, 1.54) is 48.5 Å². The van der Waals surface area contributed by atoms with Gasteiger partial charge in [-0.2, -0.15) is 0 Å². The molecule has 2 aromatic carbocycles. The number of benzene rings is 2. The van der Waals surface area contributed by atoms with E-state index in [-0.39, 0.29) is 22.7 Å². The van der Waals surface area contributed by atoms with Crippen molar-refractivity contribution in [2.45, 2.75) is 61.3 Å². The summed E-state index contributed by atoms with van der Waals surface area (Å²) in [4.78, 5) is 49.0. The Morgan fingerprint density at radius 2 is 0.680 bits per heavy atom. The molecule has 0 heterocycles. The highest BCUT2D eigenvalue weighted by atomic mass is 16.4. The van der Waals surface area contributed by atoms with Gasteiger partial charge in [-0.15, -0.1) is 0 Å². The lowest BCUT2D eigenvalue weighted by molar-refractivity contribution is -0.142.